The minimum Gasteiger partial charge on any atom is -0.355 e. The number of rotatable bonds is 9. The summed E-state index contributed by atoms with van der Waals surface area (Å²) in [6.07, 6.45) is 2.23. The first-order chi connectivity index (χ1) is 13.8. The van der Waals surface area contributed by atoms with Crippen molar-refractivity contribution in [2.45, 2.75) is 24.3 Å². The van der Waals surface area contributed by atoms with Gasteiger partial charge in [0.15, 0.2) is 0 Å². The van der Waals surface area contributed by atoms with Gasteiger partial charge in [0.25, 0.3) is 5.91 Å². The second-order valence-corrected chi connectivity index (χ2v) is 9.11. The van der Waals surface area contributed by atoms with E-state index in [2.05, 4.69) is 15.4 Å². The summed E-state index contributed by atoms with van der Waals surface area (Å²) in [5.41, 5.74) is 1.89. The van der Waals surface area contributed by atoms with Crippen LogP contribution in [0.25, 0.3) is 0 Å². The van der Waals surface area contributed by atoms with Crippen LogP contribution in [0.15, 0.2) is 53.4 Å². The number of carbonyl (C=O) groups is 2. The highest BCUT2D eigenvalue weighted by molar-refractivity contribution is 7.98. The highest BCUT2D eigenvalue weighted by Gasteiger charge is 2.25. The average molecular weight is 436 g/mol. The first-order valence-electron chi connectivity index (χ1n) is 8.98. The van der Waals surface area contributed by atoms with E-state index < -0.39 is 22.0 Å². The molecule has 0 saturated carbocycles. The molecule has 0 spiro atoms. The highest BCUT2D eigenvalue weighted by atomic mass is 32.2. The summed E-state index contributed by atoms with van der Waals surface area (Å²) in [6, 6.07) is 11.9. The summed E-state index contributed by atoms with van der Waals surface area (Å²) >= 11 is 1.53. The van der Waals surface area contributed by atoms with Gasteiger partial charge < -0.3 is 10.6 Å². The number of anilines is 1. The zero-order valence-electron chi connectivity index (χ0n) is 16.6. The van der Waals surface area contributed by atoms with Crippen molar-refractivity contribution < 1.29 is 18.0 Å². The molecule has 0 heterocycles. The maximum absolute atomic E-state index is 12.7. The largest absolute Gasteiger partial charge is 0.355 e. The molecule has 0 saturated heterocycles. The van der Waals surface area contributed by atoms with E-state index in [-0.39, 0.29) is 10.8 Å². The zero-order valence-corrected chi connectivity index (χ0v) is 18.2. The van der Waals surface area contributed by atoms with Crippen molar-refractivity contribution in [3.05, 3.63) is 59.7 Å². The average Bonchev–Trinajstić information content (AvgIpc) is 2.71. The van der Waals surface area contributed by atoms with Crippen LogP contribution in [0.2, 0.25) is 0 Å². The van der Waals surface area contributed by atoms with Crippen LogP contribution < -0.4 is 15.4 Å². The summed E-state index contributed by atoms with van der Waals surface area (Å²) in [5.74, 6) is -0.0709. The van der Waals surface area contributed by atoms with Crippen LogP contribution in [0.5, 0.6) is 0 Å². The Hall–Kier alpha value is -2.36. The second kappa shape index (κ2) is 10.4. The Morgan fingerprint density at radius 1 is 1.03 bits per heavy atom. The van der Waals surface area contributed by atoms with Gasteiger partial charge in [0.1, 0.15) is 6.04 Å². The normalized spacial score (nSPS) is 12.2. The molecular formula is C20H25N3O4S2. The molecule has 2 rings (SSSR count). The van der Waals surface area contributed by atoms with Crippen molar-refractivity contribution in [1.29, 1.82) is 0 Å². The fraction of sp³-hybridized carbons (Fsp3) is 0.300. The third-order valence-electron chi connectivity index (χ3n) is 4.20. The number of benzene rings is 2. The van der Waals surface area contributed by atoms with E-state index in [1.54, 1.807) is 36.4 Å². The predicted molar refractivity (Wildman–Crippen MR) is 117 cm³/mol. The summed E-state index contributed by atoms with van der Waals surface area (Å²) in [7, 11) is -2.30. The zero-order chi connectivity index (χ0) is 21.4. The van der Waals surface area contributed by atoms with Gasteiger partial charge in [-0.05, 0) is 61.8 Å². The standard InChI is InChI=1S/C20H25N3O4S2/c1-14-4-10-17(11-5-14)29(26,27)23-18(12-13-28-3)20(25)22-16-8-6-15(7-9-16)19(24)21-2/h4-11,18,23H,12-13H2,1-3H3,(H,21,24)(H,22,25). The topological polar surface area (TPSA) is 104 Å². The maximum atomic E-state index is 12.7. The van der Waals surface area contributed by atoms with E-state index in [1.807, 2.05) is 13.2 Å². The summed E-state index contributed by atoms with van der Waals surface area (Å²) in [4.78, 5) is 24.4. The number of amides is 2. The molecule has 0 bridgehead atoms. The molecule has 0 aromatic heterocycles. The third-order valence-corrected chi connectivity index (χ3v) is 6.33. The van der Waals surface area contributed by atoms with Crippen molar-refractivity contribution in [3.8, 4) is 0 Å². The molecule has 2 amide bonds. The van der Waals surface area contributed by atoms with E-state index in [0.29, 0.717) is 23.4 Å². The lowest BCUT2D eigenvalue weighted by atomic mass is 10.2. The van der Waals surface area contributed by atoms with Gasteiger partial charge in [-0.2, -0.15) is 16.5 Å². The molecule has 0 radical (unpaired) electrons. The smallest absolute Gasteiger partial charge is 0.251 e. The van der Waals surface area contributed by atoms with Crippen molar-refractivity contribution in [3.63, 3.8) is 0 Å². The molecule has 1 unspecified atom stereocenters. The van der Waals surface area contributed by atoms with E-state index in [1.165, 1.54) is 30.9 Å². The van der Waals surface area contributed by atoms with Gasteiger partial charge in [-0.3, -0.25) is 9.59 Å². The number of hydrogen-bond acceptors (Lipinski definition) is 5. The van der Waals surface area contributed by atoms with Crippen molar-refractivity contribution >= 4 is 39.3 Å². The molecule has 1 atom stereocenters. The van der Waals surface area contributed by atoms with Gasteiger partial charge in [0.05, 0.1) is 4.90 Å². The fourth-order valence-electron chi connectivity index (χ4n) is 2.53. The lowest BCUT2D eigenvalue weighted by Gasteiger charge is -2.18. The van der Waals surface area contributed by atoms with Gasteiger partial charge in [-0.25, -0.2) is 8.42 Å². The van der Waals surface area contributed by atoms with Crippen LogP contribution in [0.1, 0.15) is 22.3 Å². The molecule has 0 aliphatic carbocycles. The maximum Gasteiger partial charge on any atom is 0.251 e. The number of sulfonamides is 1. The Morgan fingerprint density at radius 2 is 1.66 bits per heavy atom. The minimum absolute atomic E-state index is 0.111. The van der Waals surface area contributed by atoms with Gasteiger partial charge >= 0.3 is 0 Å². The van der Waals surface area contributed by atoms with E-state index >= 15 is 0 Å². The molecule has 7 nitrogen and oxygen atoms in total. The predicted octanol–water partition coefficient (Wildman–Crippen LogP) is 2.39. The van der Waals surface area contributed by atoms with E-state index in [9.17, 15) is 18.0 Å². The second-order valence-electron chi connectivity index (χ2n) is 6.41. The molecule has 3 N–H and O–H groups in total. The fourth-order valence-corrected chi connectivity index (χ4v) is 4.23. The van der Waals surface area contributed by atoms with Gasteiger partial charge in [-0.15, -0.1) is 0 Å². The Balaban J connectivity index is 2.15. The molecule has 2 aromatic carbocycles. The minimum atomic E-state index is -3.84. The SMILES string of the molecule is CNC(=O)c1ccc(NC(=O)C(CCSC)NS(=O)(=O)c2ccc(C)cc2)cc1. The van der Waals surface area contributed by atoms with Crippen molar-refractivity contribution in [2.75, 3.05) is 24.4 Å². The molecule has 2 aromatic rings. The summed E-state index contributed by atoms with van der Waals surface area (Å²) in [5, 5.41) is 5.23. The third kappa shape index (κ3) is 6.59. The number of aryl methyl sites for hydroxylation is 1. The number of nitrogens with one attached hydrogen (secondary N) is 3. The number of carbonyl (C=O) groups excluding carboxylic acids is 2. The quantitative estimate of drug-likeness (QED) is 0.561. The first-order valence-corrected chi connectivity index (χ1v) is 11.9. The molecule has 0 aliphatic heterocycles. The van der Waals surface area contributed by atoms with E-state index in [4.69, 9.17) is 0 Å². The van der Waals surface area contributed by atoms with Crippen molar-refractivity contribution in [2.24, 2.45) is 0 Å². The Labute approximate surface area is 175 Å². The molecular weight excluding hydrogens is 410 g/mol. The van der Waals surface area contributed by atoms with Crippen LogP contribution in [0, 0.1) is 6.92 Å². The van der Waals surface area contributed by atoms with Gasteiger partial charge in [0, 0.05) is 18.3 Å². The van der Waals surface area contributed by atoms with Crippen LogP contribution >= 0.6 is 11.8 Å². The Kier molecular flexibility index (Phi) is 8.24. The molecule has 0 aliphatic rings. The monoisotopic (exact) mass is 435 g/mol. The van der Waals surface area contributed by atoms with Gasteiger partial charge in [-0.1, -0.05) is 17.7 Å². The Morgan fingerprint density at radius 3 is 2.21 bits per heavy atom. The molecule has 156 valence electrons. The number of hydrogen-bond donors (Lipinski definition) is 3. The van der Waals surface area contributed by atoms with Crippen LogP contribution in [0.4, 0.5) is 5.69 Å². The van der Waals surface area contributed by atoms with Crippen LogP contribution in [0.3, 0.4) is 0 Å². The molecule has 29 heavy (non-hydrogen) atoms. The highest BCUT2D eigenvalue weighted by Crippen LogP contribution is 2.15. The summed E-state index contributed by atoms with van der Waals surface area (Å²) in [6.45, 7) is 1.87. The molecule has 9 heteroatoms. The molecule has 0 fully saturated rings. The number of thioether (sulfide) groups is 1. The lowest BCUT2D eigenvalue weighted by Crippen LogP contribution is -2.44. The first kappa shape index (κ1) is 22.9. The van der Waals surface area contributed by atoms with Gasteiger partial charge in [0.2, 0.25) is 15.9 Å². The Bertz CT molecular complexity index is 943. The van der Waals surface area contributed by atoms with Crippen LogP contribution in [-0.4, -0.2) is 45.3 Å². The van der Waals surface area contributed by atoms with E-state index in [0.717, 1.165) is 5.56 Å². The van der Waals surface area contributed by atoms with Crippen molar-refractivity contribution in [1.82, 2.24) is 10.0 Å². The lowest BCUT2D eigenvalue weighted by molar-refractivity contribution is -0.117. The summed E-state index contributed by atoms with van der Waals surface area (Å²) < 4.78 is 27.9. The van der Waals surface area contributed by atoms with Crippen LogP contribution in [-0.2, 0) is 14.8 Å².